The number of aromatic nitrogens is 1. The number of carbonyl (C=O) groups excluding carboxylic acids is 1. The van der Waals surface area contributed by atoms with Crippen LogP contribution in [0.2, 0.25) is 5.02 Å². The van der Waals surface area contributed by atoms with E-state index in [4.69, 9.17) is 21.4 Å². The summed E-state index contributed by atoms with van der Waals surface area (Å²) in [6.45, 7) is 0.209. The number of nitrogens with zero attached hydrogens (tertiary/aromatic N) is 1. The van der Waals surface area contributed by atoms with E-state index in [1.54, 1.807) is 42.6 Å². The average Bonchev–Trinajstić information content (AvgIpc) is 2.94. The second-order valence-corrected chi connectivity index (χ2v) is 9.24. The number of ether oxygens (including phenoxy) is 1. The van der Waals surface area contributed by atoms with E-state index in [0.717, 1.165) is 5.56 Å². The Kier molecular flexibility index (Phi) is 9.64. The summed E-state index contributed by atoms with van der Waals surface area (Å²) >= 11 is 6.01. The summed E-state index contributed by atoms with van der Waals surface area (Å²) in [5.41, 5.74) is 2.61. The van der Waals surface area contributed by atoms with Crippen molar-refractivity contribution in [2.75, 3.05) is 26.3 Å². The van der Waals surface area contributed by atoms with E-state index >= 15 is 0 Å². The van der Waals surface area contributed by atoms with Gasteiger partial charge < -0.3 is 30.7 Å². The molecular formula is C29H30ClN3O5. The van der Waals surface area contributed by atoms with Gasteiger partial charge in [0.05, 0.1) is 30.4 Å². The minimum Gasteiger partial charge on any atom is -0.457 e. The number of pyridine rings is 1. The largest absolute Gasteiger partial charge is 0.457 e. The third-order valence-corrected chi connectivity index (χ3v) is 6.30. The van der Waals surface area contributed by atoms with Crippen molar-refractivity contribution in [3.63, 3.8) is 0 Å². The Labute approximate surface area is 225 Å². The van der Waals surface area contributed by atoms with Gasteiger partial charge in [0.1, 0.15) is 11.5 Å². The Hall–Kier alpha value is -3.53. The molecule has 0 saturated heterocycles. The Morgan fingerprint density at radius 1 is 1.03 bits per heavy atom. The third kappa shape index (κ3) is 7.06. The van der Waals surface area contributed by atoms with Crippen molar-refractivity contribution in [2.45, 2.75) is 18.6 Å². The second-order valence-electron chi connectivity index (χ2n) is 8.80. The van der Waals surface area contributed by atoms with Crippen LogP contribution in [0.5, 0.6) is 11.5 Å². The van der Waals surface area contributed by atoms with Gasteiger partial charge in [-0.05, 0) is 60.0 Å². The fraction of sp³-hybridized carbons (Fsp3) is 0.241. The zero-order chi connectivity index (χ0) is 26.9. The number of halogens is 1. The van der Waals surface area contributed by atoms with Gasteiger partial charge in [-0.1, -0.05) is 41.9 Å². The number of para-hydroxylation sites is 1. The number of benzene rings is 3. The van der Waals surface area contributed by atoms with E-state index < -0.39 is 6.10 Å². The minimum absolute atomic E-state index is 0.0856. The molecule has 0 saturated carbocycles. The molecule has 1 aromatic heterocycles. The molecule has 3 aromatic carbocycles. The number of aliphatic hydroxyl groups is 3. The van der Waals surface area contributed by atoms with Crippen molar-refractivity contribution in [2.24, 2.45) is 0 Å². The van der Waals surface area contributed by atoms with Gasteiger partial charge in [0.25, 0.3) is 5.91 Å². The monoisotopic (exact) mass is 535 g/mol. The summed E-state index contributed by atoms with van der Waals surface area (Å²) in [4.78, 5) is 16.8. The first-order valence-corrected chi connectivity index (χ1v) is 12.7. The van der Waals surface area contributed by atoms with Crippen LogP contribution in [-0.4, -0.2) is 58.6 Å². The predicted molar refractivity (Wildman–Crippen MR) is 147 cm³/mol. The van der Waals surface area contributed by atoms with Crippen molar-refractivity contribution in [3.8, 4) is 11.5 Å². The lowest BCUT2D eigenvalue weighted by molar-refractivity contribution is 0.0946. The number of amides is 1. The van der Waals surface area contributed by atoms with Crippen LogP contribution in [0.25, 0.3) is 10.9 Å². The van der Waals surface area contributed by atoms with Gasteiger partial charge in [0, 0.05) is 35.7 Å². The maximum atomic E-state index is 12.5. The lowest BCUT2D eigenvalue weighted by Gasteiger charge is -2.19. The van der Waals surface area contributed by atoms with Crippen molar-refractivity contribution in [1.82, 2.24) is 15.6 Å². The summed E-state index contributed by atoms with van der Waals surface area (Å²) in [6.07, 6.45) is 1.41. The van der Waals surface area contributed by atoms with Crippen LogP contribution < -0.4 is 15.4 Å². The molecule has 4 rings (SSSR count). The molecule has 2 atom stereocenters. The number of fused-ring (bicyclic) bond motifs is 1. The van der Waals surface area contributed by atoms with Crippen LogP contribution >= 0.6 is 11.6 Å². The zero-order valence-electron chi connectivity index (χ0n) is 20.7. The Bertz CT molecular complexity index is 1370. The fourth-order valence-corrected chi connectivity index (χ4v) is 4.30. The number of aliphatic hydroxyl groups excluding tert-OH is 3. The summed E-state index contributed by atoms with van der Waals surface area (Å²) in [6, 6.07) is 21.4. The number of hydrogen-bond donors (Lipinski definition) is 5. The topological polar surface area (TPSA) is 124 Å². The van der Waals surface area contributed by atoms with Gasteiger partial charge in [0.2, 0.25) is 0 Å². The molecule has 8 nitrogen and oxygen atoms in total. The first-order chi connectivity index (χ1) is 18.5. The maximum absolute atomic E-state index is 12.5. The van der Waals surface area contributed by atoms with E-state index in [9.17, 15) is 15.0 Å². The molecule has 0 fully saturated rings. The lowest BCUT2D eigenvalue weighted by Crippen LogP contribution is -2.37. The van der Waals surface area contributed by atoms with Gasteiger partial charge in [-0.15, -0.1) is 0 Å². The van der Waals surface area contributed by atoms with Gasteiger partial charge >= 0.3 is 0 Å². The predicted octanol–water partition coefficient (Wildman–Crippen LogP) is 3.63. The molecule has 0 aliphatic rings. The molecule has 0 radical (unpaired) electrons. The molecule has 0 bridgehead atoms. The van der Waals surface area contributed by atoms with Crippen LogP contribution in [0.3, 0.4) is 0 Å². The highest BCUT2D eigenvalue weighted by molar-refractivity contribution is 6.30. The highest BCUT2D eigenvalue weighted by Crippen LogP contribution is 2.30. The number of nitrogens with one attached hydrogen (secondary N) is 2. The zero-order valence-corrected chi connectivity index (χ0v) is 21.4. The first kappa shape index (κ1) is 27.5. The summed E-state index contributed by atoms with van der Waals surface area (Å²) < 4.78 is 6.11. The van der Waals surface area contributed by atoms with Gasteiger partial charge in [-0.25, -0.2) is 0 Å². The molecule has 1 heterocycles. The molecule has 9 heteroatoms. The SMILES string of the molecule is O=C(NCCO)c1cccc2c(Oc3ccc(C[C@@H](CO)NC[C@@H](O)c4cccc(Cl)c4)cc3)ccnc12. The number of carbonyl (C=O) groups is 1. The smallest absolute Gasteiger partial charge is 0.253 e. The normalized spacial score (nSPS) is 12.7. The Morgan fingerprint density at radius 2 is 1.82 bits per heavy atom. The van der Waals surface area contributed by atoms with Crippen molar-refractivity contribution in [1.29, 1.82) is 0 Å². The molecule has 0 spiro atoms. The van der Waals surface area contributed by atoms with Crippen LogP contribution in [0.4, 0.5) is 0 Å². The molecule has 198 valence electrons. The molecule has 5 N–H and O–H groups in total. The number of hydrogen-bond acceptors (Lipinski definition) is 7. The molecular weight excluding hydrogens is 506 g/mol. The maximum Gasteiger partial charge on any atom is 0.253 e. The van der Waals surface area contributed by atoms with Crippen LogP contribution in [0, 0.1) is 0 Å². The molecule has 0 aliphatic carbocycles. The lowest BCUT2D eigenvalue weighted by atomic mass is 10.0. The third-order valence-electron chi connectivity index (χ3n) is 6.06. The van der Waals surface area contributed by atoms with Gasteiger partial charge in [-0.3, -0.25) is 9.78 Å². The molecule has 4 aromatic rings. The quantitative estimate of drug-likeness (QED) is 0.188. The van der Waals surface area contributed by atoms with E-state index in [1.807, 2.05) is 36.4 Å². The van der Waals surface area contributed by atoms with E-state index in [2.05, 4.69) is 15.6 Å². The Morgan fingerprint density at radius 3 is 2.55 bits per heavy atom. The van der Waals surface area contributed by atoms with Gasteiger partial charge in [-0.2, -0.15) is 0 Å². The Balaban J connectivity index is 1.40. The van der Waals surface area contributed by atoms with Crippen LogP contribution in [0.1, 0.15) is 27.6 Å². The second kappa shape index (κ2) is 13.3. The highest BCUT2D eigenvalue weighted by atomic mass is 35.5. The summed E-state index contributed by atoms with van der Waals surface area (Å²) in [5.74, 6) is 0.858. The van der Waals surface area contributed by atoms with Crippen molar-refractivity contribution in [3.05, 3.63) is 101 Å². The number of rotatable bonds is 12. The van der Waals surface area contributed by atoms with Crippen LogP contribution in [-0.2, 0) is 6.42 Å². The fourth-order valence-electron chi connectivity index (χ4n) is 4.10. The van der Waals surface area contributed by atoms with Crippen molar-refractivity contribution >= 4 is 28.4 Å². The van der Waals surface area contributed by atoms with Crippen molar-refractivity contribution < 1.29 is 24.9 Å². The van der Waals surface area contributed by atoms with Crippen LogP contribution in [0.15, 0.2) is 79.0 Å². The summed E-state index contributed by atoms with van der Waals surface area (Å²) in [7, 11) is 0. The standard InChI is InChI=1S/C29H30ClN3O5/c30-21-4-1-3-20(16-21)26(36)17-33-22(18-35)15-19-7-9-23(10-8-19)38-27-11-12-31-28-24(27)5-2-6-25(28)29(37)32-13-14-34/h1-12,16,22,26,33-36H,13-15,17-18H2,(H,32,37)/t22-,26+/m0/s1. The summed E-state index contributed by atoms with van der Waals surface area (Å²) in [5, 5.41) is 36.4. The molecule has 1 amide bonds. The average molecular weight is 536 g/mol. The molecule has 0 unspecified atom stereocenters. The minimum atomic E-state index is -0.741. The van der Waals surface area contributed by atoms with E-state index in [0.29, 0.717) is 45.0 Å². The van der Waals surface area contributed by atoms with Gasteiger partial charge in [0.15, 0.2) is 0 Å². The highest BCUT2D eigenvalue weighted by Gasteiger charge is 2.15. The van der Waals surface area contributed by atoms with E-state index in [-0.39, 0.29) is 38.3 Å². The molecule has 38 heavy (non-hydrogen) atoms. The molecule has 0 aliphatic heterocycles. The first-order valence-electron chi connectivity index (χ1n) is 12.3. The van der Waals surface area contributed by atoms with E-state index in [1.165, 1.54) is 0 Å².